The van der Waals surface area contributed by atoms with Crippen molar-refractivity contribution in [2.75, 3.05) is 20.1 Å². The third-order valence-electron chi connectivity index (χ3n) is 3.53. The van der Waals surface area contributed by atoms with Gasteiger partial charge in [-0.05, 0) is 41.8 Å². The van der Waals surface area contributed by atoms with E-state index in [2.05, 4.69) is 53.8 Å². The maximum Gasteiger partial charge on any atom is 0.0328 e. The first-order valence-corrected chi connectivity index (χ1v) is 6.24. The SMILES string of the molecule is CN1CCc2ccc(C3=CNCC=C3)cc2C1. The minimum absolute atomic E-state index is 0.942. The van der Waals surface area contributed by atoms with E-state index >= 15 is 0 Å². The molecule has 0 atom stereocenters. The van der Waals surface area contributed by atoms with Gasteiger partial charge in [-0.1, -0.05) is 24.3 Å². The topological polar surface area (TPSA) is 15.3 Å². The van der Waals surface area contributed by atoms with E-state index in [9.17, 15) is 0 Å². The Morgan fingerprint density at radius 3 is 3.00 bits per heavy atom. The molecule has 1 N–H and O–H groups in total. The first-order chi connectivity index (χ1) is 8.33. The lowest BCUT2D eigenvalue weighted by Crippen LogP contribution is -2.26. The summed E-state index contributed by atoms with van der Waals surface area (Å²) in [5.41, 5.74) is 5.60. The van der Waals surface area contributed by atoms with Crippen LogP contribution in [-0.4, -0.2) is 25.0 Å². The van der Waals surface area contributed by atoms with Gasteiger partial charge in [0.1, 0.15) is 0 Å². The predicted molar refractivity (Wildman–Crippen MR) is 71.6 cm³/mol. The molecule has 0 spiro atoms. The second kappa shape index (κ2) is 4.38. The summed E-state index contributed by atoms with van der Waals surface area (Å²) in [6.45, 7) is 3.20. The molecule has 0 unspecified atom stereocenters. The van der Waals surface area contributed by atoms with Crippen LogP contribution in [-0.2, 0) is 13.0 Å². The Morgan fingerprint density at radius 1 is 1.24 bits per heavy atom. The Balaban J connectivity index is 1.95. The normalized spacial score (nSPS) is 19.5. The van der Waals surface area contributed by atoms with Crippen molar-refractivity contribution in [3.63, 3.8) is 0 Å². The van der Waals surface area contributed by atoms with Gasteiger partial charge in [-0.25, -0.2) is 0 Å². The summed E-state index contributed by atoms with van der Waals surface area (Å²) in [6.07, 6.45) is 7.65. The number of benzene rings is 1. The molecule has 17 heavy (non-hydrogen) atoms. The predicted octanol–water partition coefficient (Wildman–Crippen LogP) is 2.17. The van der Waals surface area contributed by atoms with Crippen molar-refractivity contribution >= 4 is 5.57 Å². The molecule has 0 aromatic heterocycles. The van der Waals surface area contributed by atoms with Crippen LogP contribution in [0.15, 0.2) is 36.6 Å². The van der Waals surface area contributed by atoms with Gasteiger partial charge in [0.25, 0.3) is 0 Å². The fourth-order valence-electron chi connectivity index (χ4n) is 2.53. The third-order valence-corrected chi connectivity index (χ3v) is 3.53. The Labute approximate surface area is 103 Å². The molecule has 88 valence electrons. The first-order valence-electron chi connectivity index (χ1n) is 6.24. The molecular formula is C15H18N2. The van der Waals surface area contributed by atoms with Gasteiger partial charge in [-0.15, -0.1) is 0 Å². The molecular weight excluding hydrogens is 208 g/mol. The van der Waals surface area contributed by atoms with Crippen molar-refractivity contribution in [1.82, 2.24) is 10.2 Å². The molecule has 3 rings (SSSR count). The maximum atomic E-state index is 3.26. The fourth-order valence-corrected chi connectivity index (χ4v) is 2.53. The number of nitrogens with one attached hydrogen (secondary N) is 1. The number of dihydropyridines is 1. The molecule has 1 aromatic rings. The Morgan fingerprint density at radius 2 is 2.18 bits per heavy atom. The fraction of sp³-hybridized carbons (Fsp3) is 0.333. The summed E-state index contributed by atoms with van der Waals surface area (Å²) in [7, 11) is 2.19. The summed E-state index contributed by atoms with van der Waals surface area (Å²) < 4.78 is 0. The number of rotatable bonds is 1. The standard InChI is InChI=1S/C15H18N2/c1-17-8-6-12-4-5-13(9-15(12)11-17)14-3-2-7-16-10-14/h2-5,9-10,16H,6-8,11H2,1H3. The summed E-state index contributed by atoms with van der Waals surface area (Å²) >= 11 is 0. The largest absolute Gasteiger partial charge is 0.387 e. The van der Waals surface area contributed by atoms with Crippen LogP contribution in [0.1, 0.15) is 16.7 Å². The summed E-state index contributed by atoms with van der Waals surface area (Å²) in [4.78, 5) is 2.38. The molecule has 1 aromatic carbocycles. The first kappa shape index (κ1) is 10.6. The smallest absolute Gasteiger partial charge is 0.0328 e. The molecule has 2 aliphatic rings. The summed E-state index contributed by atoms with van der Waals surface area (Å²) in [5, 5.41) is 3.26. The number of allylic oxidation sites excluding steroid dienone is 2. The molecule has 0 amide bonds. The highest BCUT2D eigenvalue weighted by Gasteiger charge is 2.13. The van der Waals surface area contributed by atoms with E-state index in [0.717, 1.165) is 13.1 Å². The third kappa shape index (κ3) is 2.13. The van der Waals surface area contributed by atoms with Crippen molar-refractivity contribution < 1.29 is 0 Å². The van der Waals surface area contributed by atoms with E-state index in [1.807, 2.05) is 0 Å². The van der Waals surface area contributed by atoms with Gasteiger partial charge < -0.3 is 10.2 Å². The van der Waals surface area contributed by atoms with Gasteiger partial charge in [-0.2, -0.15) is 0 Å². The highest BCUT2D eigenvalue weighted by molar-refractivity contribution is 5.75. The highest BCUT2D eigenvalue weighted by atomic mass is 15.1. The molecule has 0 radical (unpaired) electrons. The van der Waals surface area contributed by atoms with Gasteiger partial charge in [-0.3, -0.25) is 0 Å². The second-order valence-corrected chi connectivity index (χ2v) is 4.88. The summed E-state index contributed by atoms with van der Waals surface area (Å²) in [6, 6.07) is 6.88. The molecule has 0 saturated carbocycles. The lowest BCUT2D eigenvalue weighted by Gasteiger charge is -2.25. The zero-order chi connectivity index (χ0) is 11.7. The molecule has 2 heteroatoms. The minimum atomic E-state index is 0.942. The van der Waals surface area contributed by atoms with E-state index in [4.69, 9.17) is 0 Å². The molecule has 0 fully saturated rings. The van der Waals surface area contributed by atoms with Crippen LogP contribution in [0.2, 0.25) is 0 Å². The molecule has 2 heterocycles. The van der Waals surface area contributed by atoms with E-state index < -0.39 is 0 Å². The average molecular weight is 226 g/mol. The second-order valence-electron chi connectivity index (χ2n) is 4.88. The molecule has 2 aliphatic heterocycles. The zero-order valence-corrected chi connectivity index (χ0v) is 10.2. The van der Waals surface area contributed by atoms with Crippen LogP contribution >= 0.6 is 0 Å². The van der Waals surface area contributed by atoms with E-state index in [1.54, 1.807) is 0 Å². The van der Waals surface area contributed by atoms with Crippen LogP contribution < -0.4 is 5.32 Å². The van der Waals surface area contributed by atoms with Crippen molar-refractivity contribution in [3.05, 3.63) is 53.2 Å². The quantitative estimate of drug-likeness (QED) is 0.789. The van der Waals surface area contributed by atoms with Crippen LogP contribution in [0.3, 0.4) is 0 Å². The monoisotopic (exact) mass is 226 g/mol. The molecule has 0 aliphatic carbocycles. The van der Waals surface area contributed by atoms with Crippen molar-refractivity contribution in [1.29, 1.82) is 0 Å². The van der Waals surface area contributed by atoms with Crippen LogP contribution in [0, 0.1) is 0 Å². The Hall–Kier alpha value is -1.54. The Bertz CT molecular complexity index is 486. The number of likely N-dealkylation sites (N-methyl/N-ethyl adjacent to an activating group) is 1. The molecule has 0 saturated heterocycles. The average Bonchev–Trinajstić information content (AvgIpc) is 2.39. The summed E-state index contributed by atoms with van der Waals surface area (Å²) in [5.74, 6) is 0. The minimum Gasteiger partial charge on any atom is -0.387 e. The number of nitrogens with zero attached hydrogens (tertiary/aromatic N) is 1. The van der Waals surface area contributed by atoms with Crippen molar-refractivity contribution in [2.45, 2.75) is 13.0 Å². The van der Waals surface area contributed by atoms with E-state index in [1.165, 1.54) is 35.2 Å². The number of fused-ring (bicyclic) bond motifs is 1. The zero-order valence-electron chi connectivity index (χ0n) is 10.2. The Kier molecular flexibility index (Phi) is 2.73. The van der Waals surface area contributed by atoms with Gasteiger partial charge >= 0.3 is 0 Å². The number of hydrogen-bond acceptors (Lipinski definition) is 2. The highest BCUT2D eigenvalue weighted by Crippen LogP contribution is 2.24. The van der Waals surface area contributed by atoms with Crippen LogP contribution in [0.4, 0.5) is 0 Å². The maximum absolute atomic E-state index is 3.26. The van der Waals surface area contributed by atoms with Gasteiger partial charge in [0.2, 0.25) is 0 Å². The number of hydrogen-bond donors (Lipinski definition) is 1. The van der Waals surface area contributed by atoms with E-state index in [-0.39, 0.29) is 0 Å². The van der Waals surface area contributed by atoms with Crippen molar-refractivity contribution in [3.8, 4) is 0 Å². The van der Waals surface area contributed by atoms with E-state index in [0.29, 0.717) is 0 Å². The van der Waals surface area contributed by atoms with Crippen molar-refractivity contribution in [2.24, 2.45) is 0 Å². The lowest BCUT2D eigenvalue weighted by molar-refractivity contribution is 0.313. The van der Waals surface area contributed by atoms with Crippen LogP contribution in [0.25, 0.3) is 5.57 Å². The van der Waals surface area contributed by atoms with Gasteiger partial charge in [0.15, 0.2) is 0 Å². The van der Waals surface area contributed by atoms with Gasteiger partial charge in [0.05, 0.1) is 0 Å². The molecule has 0 bridgehead atoms. The van der Waals surface area contributed by atoms with Crippen LogP contribution in [0.5, 0.6) is 0 Å². The lowest BCUT2D eigenvalue weighted by atomic mass is 9.94. The van der Waals surface area contributed by atoms with Gasteiger partial charge in [0, 0.05) is 25.8 Å². The molecule has 2 nitrogen and oxygen atoms in total.